The molecule has 0 saturated heterocycles. The van der Waals surface area contributed by atoms with Crippen LogP contribution in [-0.2, 0) is 12.1 Å². The van der Waals surface area contributed by atoms with E-state index in [2.05, 4.69) is 5.43 Å². The molecule has 0 amide bonds. The predicted molar refractivity (Wildman–Crippen MR) is 119 cm³/mol. The zero-order chi connectivity index (χ0) is 22.7. The van der Waals surface area contributed by atoms with Gasteiger partial charge in [0.2, 0.25) is 0 Å². The number of fused-ring (bicyclic) bond motifs is 1. The van der Waals surface area contributed by atoms with Crippen LogP contribution in [0.1, 0.15) is 22.9 Å². The second-order valence-electron chi connectivity index (χ2n) is 7.56. The van der Waals surface area contributed by atoms with Crippen LogP contribution in [0.15, 0.2) is 77.7 Å². The van der Waals surface area contributed by atoms with Crippen LogP contribution in [0, 0.1) is 0 Å². The smallest absolute Gasteiger partial charge is 0.271 e. The largest absolute Gasteiger partial charge is 0.378 e. The van der Waals surface area contributed by atoms with Crippen molar-refractivity contribution >= 4 is 23.1 Å². The van der Waals surface area contributed by atoms with Crippen molar-refractivity contribution in [3.63, 3.8) is 0 Å². The quantitative estimate of drug-likeness (QED) is 0.315. The molecule has 168 valence electrons. The number of aliphatic hydroxyl groups is 1. The normalized spacial score (nSPS) is 16.1. The summed E-state index contributed by atoms with van der Waals surface area (Å²) in [5.41, 5.74) is 3.61. The number of alkyl halides is 4. The number of anilines is 2. The Morgan fingerprint density at radius 1 is 1.00 bits per heavy atom. The van der Waals surface area contributed by atoms with Crippen molar-refractivity contribution in [2.75, 3.05) is 17.4 Å². The van der Waals surface area contributed by atoms with E-state index < -0.39 is 24.9 Å². The van der Waals surface area contributed by atoms with E-state index in [-0.39, 0.29) is 16.9 Å². The number of hydrogen-bond donors (Lipinski definition) is 2. The highest BCUT2D eigenvalue weighted by Gasteiger charge is 2.40. The third kappa shape index (κ3) is 4.48. The standard InChI is InChI=1S/C24H22F4N2OS/c25-13-21(26)16-5-4-8-20(12-16)32-15-24(31,23(27)28)18-9-10-22-17(11-18)14-29-30(22)19-6-2-1-3-7-19/h1-12,21,23,29,31H,13-15H2. The van der Waals surface area contributed by atoms with E-state index in [1.165, 1.54) is 18.2 Å². The molecule has 0 saturated carbocycles. The average Bonchev–Trinajstić information content (AvgIpc) is 3.26. The van der Waals surface area contributed by atoms with Gasteiger partial charge in [-0.1, -0.05) is 36.4 Å². The number of thioether (sulfide) groups is 1. The summed E-state index contributed by atoms with van der Waals surface area (Å²) >= 11 is 0.978. The zero-order valence-corrected chi connectivity index (χ0v) is 17.8. The third-order valence-corrected chi connectivity index (χ3v) is 6.61. The van der Waals surface area contributed by atoms with Crippen molar-refractivity contribution in [1.29, 1.82) is 0 Å². The van der Waals surface area contributed by atoms with E-state index in [1.54, 1.807) is 24.3 Å². The molecule has 2 N–H and O–H groups in total. The Morgan fingerprint density at radius 3 is 2.50 bits per heavy atom. The lowest BCUT2D eigenvalue weighted by atomic mass is 9.94. The summed E-state index contributed by atoms with van der Waals surface area (Å²) in [5.74, 6) is -0.338. The summed E-state index contributed by atoms with van der Waals surface area (Å²) < 4.78 is 54.3. The van der Waals surface area contributed by atoms with Crippen LogP contribution in [0.2, 0.25) is 0 Å². The van der Waals surface area contributed by atoms with E-state index in [1.807, 2.05) is 35.3 Å². The minimum absolute atomic E-state index is 0.110. The maximum absolute atomic E-state index is 14.0. The van der Waals surface area contributed by atoms with Crippen molar-refractivity contribution in [3.05, 3.63) is 89.5 Å². The summed E-state index contributed by atoms with van der Waals surface area (Å²) in [6.45, 7) is -0.716. The van der Waals surface area contributed by atoms with Gasteiger partial charge in [-0.3, -0.25) is 5.01 Å². The van der Waals surface area contributed by atoms with Crippen LogP contribution in [0.4, 0.5) is 28.9 Å². The molecule has 1 aliphatic heterocycles. The molecule has 2 atom stereocenters. The van der Waals surface area contributed by atoms with Crippen LogP contribution in [-0.4, -0.2) is 24.0 Å². The first-order chi connectivity index (χ1) is 15.4. The first kappa shape index (κ1) is 22.6. The van der Waals surface area contributed by atoms with Crippen LogP contribution < -0.4 is 10.4 Å². The fourth-order valence-electron chi connectivity index (χ4n) is 3.63. The van der Waals surface area contributed by atoms with E-state index in [0.717, 1.165) is 28.7 Å². The van der Waals surface area contributed by atoms with Gasteiger partial charge in [0.25, 0.3) is 6.43 Å². The van der Waals surface area contributed by atoms with E-state index in [9.17, 15) is 22.7 Å². The van der Waals surface area contributed by atoms with Crippen molar-refractivity contribution in [2.24, 2.45) is 0 Å². The highest BCUT2D eigenvalue weighted by atomic mass is 32.2. The predicted octanol–water partition coefficient (Wildman–Crippen LogP) is 6.07. The fraction of sp³-hybridized carbons (Fsp3) is 0.250. The Labute approximate surface area is 188 Å². The number of benzene rings is 3. The number of halogens is 4. The molecule has 0 fully saturated rings. The van der Waals surface area contributed by atoms with E-state index >= 15 is 0 Å². The number of hydrazine groups is 1. The molecule has 0 bridgehead atoms. The zero-order valence-electron chi connectivity index (χ0n) is 17.0. The SMILES string of the molecule is OC(CSc1cccc(C(F)CF)c1)(c1ccc2c(c1)CNN2c1ccccc1)C(F)F. The molecule has 8 heteroatoms. The molecule has 0 aliphatic carbocycles. The minimum Gasteiger partial charge on any atom is -0.378 e. The molecule has 0 aromatic heterocycles. The Hall–Kier alpha value is -2.55. The van der Waals surface area contributed by atoms with Crippen molar-refractivity contribution in [3.8, 4) is 0 Å². The van der Waals surface area contributed by atoms with Crippen LogP contribution in [0.25, 0.3) is 0 Å². The summed E-state index contributed by atoms with van der Waals surface area (Å²) in [6.07, 6.45) is -4.79. The monoisotopic (exact) mass is 462 g/mol. The molecular formula is C24H22F4N2OS. The second-order valence-corrected chi connectivity index (χ2v) is 8.61. The number of para-hydroxylation sites is 1. The van der Waals surface area contributed by atoms with Gasteiger partial charge in [-0.2, -0.15) is 0 Å². The number of nitrogens with zero attached hydrogens (tertiary/aromatic N) is 1. The first-order valence-electron chi connectivity index (χ1n) is 10.1. The van der Waals surface area contributed by atoms with Gasteiger partial charge in [-0.25, -0.2) is 23.0 Å². The van der Waals surface area contributed by atoms with Gasteiger partial charge in [-0.15, -0.1) is 11.8 Å². The highest BCUT2D eigenvalue weighted by Crippen LogP contribution is 2.39. The fourth-order valence-corrected chi connectivity index (χ4v) is 4.70. The molecule has 3 aromatic carbocycles. The van der Waals surface area contributed by atoms with Crippen molar-refractivity contribution < 1.29 is 22.7 Å². The van der Waals surface area contributed by atoms with Crippen LogP contribution in [0.3, 0.4) is 0 Å². The van der Waals surface area contributed by atoms with Crippen LogP contribution >= 0.6 is 11.8 Å². The van der Waals surface area contributed by atoms with Gasteiger partial charge < -0.3 is 5.11 Å². The molecule has 3 nitrogen and oxygen atoms in total. The summed E-state index contributed by atoms with van der Waals surface area (Å²) in [4.78, 5) is 0.482. The van der Waals surface area contributed by atoms with Crippen molar-refractivity contribution in [1.82, 2.24) is 5.43 Å². The minimum atomic E-state index is -3.03. The number of nitrogens with one attached hydrogen (secondary N) is 1. The molecule has 0 spiro atoms. The Kier molecular flexibility index (Phi) is 6.74. The average molecular weight is 463 g/mol. The highest BCUT2D eigenvalue weighted by molar-refractivity contribution is 7.99. The van der Waals surface area contributed by atoms with Gasteiger partial charge in [0.05, 0.1) is 11.4 Å². The van der Waals surface area contributed by atoms with Gasteiger partial charge in [0.15, 0.2) is 11.8 Å². The summed E-state index contributed by atoms with van der Waals surface area (Å²) in [7, 11) is 0. The first-order valence-corrected chi connectivity index (χ1v) is 11.1. The van der Waals surface area contributed by atoms with E-state index in [4.69, 9.17) is 0 Å². The van der Waals surface area contributed by atoms with Crippen molar-refractivity contribution in [2.45, 2.75) is 29.6 Å². The third-order valence-electron chi connectivity index (χ3n) is 5.44. The van der Waals surface area contributed by atoms with E-state index in [0.29, 0.717) is 11.4 Å². The molecule has 2 unspecified atom stereocenters. The second kappa shape index (κ2) is 9.52. The van der Waals surface area contributed by atoms with Gasteiger partial charge in [-0.05, 0) is 53.1 Å². The molecule has 4 rings (SSSR count). The Balaban J connectivity index is 1.56. The number of rotatable bonds is 8. The molecule has 32 heavy (non-hydrogen) atoms. The molecule has 1 aliphatic rings. The maximum atomic E-state index is 14.0. The lowest BCUT2D eigenvalue weighted by Gasteiger charge is -2.28. The summed E-state index contributed by atoms with van der Waals surface area (Å²) in [5, 5.41) is 12.8. The Morgan fingerprint density at radius 2 is 1.78 bits per heavy atom. The topological polar surface area (TPSA) is 35.5 Å². The maximum Gasteiger partial charge on any atom is 0.271 e. The molecular weight excluding hydrogens is 440 g/mol. The number of hydrogen-bond acceptors (Lipinski definition) is 4. The molecule has 0 radical (unpaired) electrons. The molecule has 1 heterocycles. The molecule has 3 aromatic rings. The Bertz CT molecular complexity index is 1070. The van der Waals surface area contributed by atoms with Gasteiger partial charge in [0, 0.05) is 17.2 Å². The lowest BCUT2D eigenvalue weighted by molar-refractivity contribution is -0.0846. The lowest BCUT2D eigenvalue weighted by Crippen LogP contribution is -2.37. The van der Waals surface area contributed by atoms with Gasteiger partial charge in [0.1, 0.15) is 6.67 Å². The summed E-state index contributed by atoms with van der Waals surface area (Å²) in [6, 6.07) is 20.4. The van der Waals surface area contributed by atoms with Gasteiger partial charge >= 0.3 is 0 Å². The van der Waals surface area contributed by atoms with Crippen LogP contribution in [0.5, 0.6) is 0 Å².